The van der Waals surface area contributed by atoms with E-state index < -0.39 is 0 Å². The first-order valence-electron chi connectivity index (χ1n) is 6.38. The number of hydrogen-bond donors (Lipinski definition) is 1. The van der Waals surface area contributed by atoms with Crippen molar-refractivity contribution in [3.8, 4) is 0 Å². The second-order valence-corrected chi connectivity index (χ2v) is 5.19. The minimum absolute atomic E-state index is 0.0837. The monoisotopic (exact) mass is 239 g/mol. The first-order chi connectivity index (χ1) is 8.06. The van der Waals surface area contributed by atoms with Crippen molar-refractivity contribution < 1.29 is 9.59 Å². The largest absolute Gasteiger partial charge is 0.338 e. The van der Waals surface area contributed by atoms with Gasteiger partial charge in [0.1, 0.15) is 0 Å². The van der Waals surface area contributed by atoms with E-state index in [1.807, 2.05) is 4.90 Å². The Morgan fingerprint density at radius 3 is 2.53 bits per heavy atom. The number of piperazine rings is 1. The van der Waals surface area contributed by atoms with Crippen LogP contribution >= 0.6 is 0 Å². The lowest BCUT2D eigenvalue weighted by Crippen LogP contribution is -2.57. The molecule has 96 valence electrons. The third kappa shape index (κ3) is 2.97. The van der Waals surface area contributed by atoms with Crippen molar-refractivity contribution in [2.45, 2.75) is 38.8 Å². The zero-order valence-electron chi connectivity index (χ0n) is 10.6. The molecule has 2 heterocycles. The van der Waals surface area contributed by atoms with Crippen LogP contribution in [0, 0.1) is 0 Å². The van der Waals surface area contributed by atoms with Crippen molar-refractivity contribution in [1.82, 2.24) is 15.1 Å². The zero-order chi connectivity index (χ0) is 12.4. The molecule has 0 aromatic rings. The molecule has 2 fully saturated rings. The smallest absolute Gasteiger partial charge is 0.242 e. The molecular weight excluding hydrogens is 218 g/mol. The number of nitrogens with zero attached hydrogens (tertiary/aromatic N) is 2. The number of hydrogen-bond acceptors (Lipinski definition) is 3. The van der Waals surface area contributed by atoms with Gasteiger partial charge < -0.3 is 15.1 Å². The van der Waals surface area contributed by atoms with Crippen LogP contribution in [0.4, 0.5) is 0 Å². The Balaban J connectivity index is 1.88. The summed E-state index contributed by atoms with van der Waals surface area (Å²) in [7, 11) is 0. The fourth-order valence-corrected chi connectivity index (χ4v) is 2.66. The highest BCUT2D eigenvalue weighted by atomic mass is 16.2. The Hall–Kier alpha value is -1.10. The van der Waals surface area contributed by atoms with Gasteiger partial charge in [0.15, 0.2) is 0 Å². The molecule has 2 rings (SSSR count). The molecule has 5 heteroatoms. The normalized spacial score (nSPS) is 29.9. The van der Waals surface area contributed by atoms with Gasteiger partial charge in [0.05, 0.1) is 6.54 Å². The average Bonchev–Trinajstić information content (AvgIpc) is 2.63. The molecule has 17 heavy (non-hydrogen) atoms. The first-order valence-corrected chi connectivity index (χ1v) is 6.38. The molecule has 0 aliphatic carbocycles. The molecule has 0 bridgehead atoms. The minimum atomic E-state index is 0.0837. The summed E-state index contributed by atoms with van der Waals surface area (Å²) in [5.74, 6) is 0.204. The van der Waals surface area contributed by atoms with Crippen LogP contribution < -0.4 is 5.32 Å². The average molecular weight is 239 g/mol. The predicted octanol–water partition coefficient (Wildman–Crippen LogP) is -0.182. The molecule has 2 aliphatic rings. The molecular formula is C12H21N3O2. The number of nitrogens with one attached hydrogen (secondary N) is 1. The van der Waals surface area contributed by atoms with Crippen molar-refractivity contribution in [2.75, 3.05) is 26.2 Å². The quantitative estimate of drug-likeness (QED) is 0.727. The van der Waals surface area contributed by atoms with Gasteiger partial charge in [-0.25, -0.2) is 0 Å². The van der Waals surface area contributed by atoms with Gasteiger partial charge in [0, 0.05) is 38.1 Å². The van der Waals surface area contributed by atoms with Crippen molar-refractivity contribution in [1.29, 1.82) is 0 Å². The van der Waals surface area contributed by atoms with Crippen molar-refractivity contribution in [3.63, 3.8) is 0 Å². The highest BCUT2D eigenvalue weighted by Gasteiger charge is 2.28. The van der Waals surface area contributed by atoms with E-state index in [-0.39, 0.29) is 18.4 Å². The van der Waals surface area contributed by atoms with Crippen LogP contribution in [0.1, 0.15) is 26.7 Å². The fraction of sp³-hybridized carbons (Fsp3) is 0.833. The molecule has 0 aromatic heterocycles. The van der Waals surface area contributed by atoms with Gasteiger partial charge in [-0.2, -0.15) is 0 Å². The van der Waals surface area contributed by atoms with E-state index in [0.29, 0.717) is 18.5 Å². The minimum Gasteiger partial charge on any atom is -0.338 e. The van der Waals surface area contributed by atoms with Crippen LogP contribution in [-0.4, -0.2) is 59.9 Å². The second kappa shape index (κ2) is 5.04. The van der Waals surface area contributed by atoms with E-state index in [0.717, 1.165) is 26.1 Å². The zero-order valence-corrected chi connectivity index (χ0v) is 10.6. The summed E-state index contributed by atoms with van der Waals surface area (Å²) in [5, 5.41) is 3.39. The van der Waals surface area contributed by atoms with Crippen LogP contribution in [0.2, 0.25) is 0 Å². The highest BCUT2D eigenvalue weighted by Crippen LogP contribution is 2.11. The van der Waals surface area contributed by atoms with E-state index in [1.54, 1.807) is 4.90 Å². The SMILES string of the molecule is C[C@H]1CN(C(=O)CN2CCCC2=O)C[C@H](C)N1. The van der Waals surface area contributed by atoms with Crippen molar-refractivity contribution >= 4 is 11.8 Å². The molecule has 2 saturated heterocycles. The molecule has 0 radical (unpaired) electrons. The number of carbonyl (C=O) groups is 2. The van der Waals surface area contributed by atoms with Gasteiger partial charge in [0.2, 0.25) is 11.8 Å². The third-order valence-electron chi connectivity index (χ3n) is 3.41. The molecule has 0 aromatic carbocycles. The summed E-state index contributed by atoms with van der Waals surface area (Å²) in [5.41, 5.74) is 0. The standard InChI is InChI=1S/C12H21N3O2/c1-9-6-15(7-10(2)13-9)12(17)8-14-5-3-4-11(14)16/h9-10,13H,3-8H2,1-2H3/t9-,10-/m0/s1. The number of rotatable bonds is 2. The third-order valence-corrected chi connectivity index (χ3v) is 3.41. The lowest BCUT2D eigenvalue weighted by molar-refractivity contribution is -0.139. The van der Waals surface area contributed by atoms with Gasteiger partial charge >= 0.3 is 0 Å². The first kappa shape index (κ1) is 12.4. The predicted molar refractivity (Wildman–Crippen MR) is 64.5 cm³/mol. The van der Waals surface area contributed by atoms with E-state index in [2.05, 4.69) is 19.2 Å². The highest BCUT2D eigenvalue weighted by molar-refractivity contribution is 5.86. The van der Waals surface area contributed by atoms with Gasteiger partial charge in [-0.05, 0) is 20.3 Å². The van der Waals surface area contributed by atoms with Crippen molar-refractivity contribution in [3.05, 3.63) is 0 Å². The maximum Gasteiger partial charge on any atom is 0.242 e. The Morgan fingerprint density at radius 1 is 1.35 bits per heavy atom. The Kier molecular flexibility index (Phi) is 3.66. The van der Waals surface area contributed by atoms with Crippen molar-refractivity contribution in [2.24, 2.45) is 0 Å². The van der Waals surface area contributed by atoms with Crippen LogP contribution in [0.25, 0.3) is 0 Å². The summed E-state index contributed by atoms with van der Waals surface area (Å²) >= 11 is 0. The van der Waals surface area contributed by atoms with E-state index in [4.69, 9.17) is 0 Å². The summed E-state index contributed by atoms with van der Waals surface area (Å²) < 4.78 is 0. The molecule has 0 saturated carbocycles. The Labute approximate surface area is 102 Å². The maximum absolute atomic E-state index is 12.1. The van der Waals surface area contributed by atoms with E-state index >= 15 is 0 Å². The second-order valence-electron chi connectivity index (χ2n) is 5.19. The van der Waals surface area contributed by atoms with Gasteiger partial charge in [-0.1, -0.05) is 0 Å². The van der Waals surface area contributed by atoms with Gasteiger partial charge in [0.25, 0.3) is 0 Å². The topological polar surface area (TPSA) is 52.7 Å². The Bertz CT molecular complexity index is 309. The molecule has 2 aliphatic heterocycles. The number of amides is 2. The molecule has 5 nitrogen and oxygen atoms in total. The van der Waals surface area contributed by atoms with Crippen LogP contribution in [-0.2, 0) is 9.59 Å². The summed E-state index contributed by atoms with van der Waals surface area (Å²) in [4.78, 5) is 27.1. The molecule has 0 unspecified atom stereocenters. The summed E-state index contributed by atoms with van der Waals surface area (Å²) in [6.07, 6.45) is 1.49. The number of carbonyl (C=O) groups excluding carboxylic acids is 2. The van der Waals surface area contributed by atoms with E-state index in [1.165, 1.54) is 0 Å². The summed E-state index contributed by atoms with van der Waals surface area (Å²) in [6, 6.07) is 0.661. The fourth-order valence-electron chi connectivity index (χ4n) is 2.66. The molecule has 0 spiro atoms. The van der Waals surface area contributed by atoms with Crippen LogP contribution in [0.15, 0.2) is 0 Å². The molecule has 2 atom stereocenters. The van der Waals surface area contributed by atoms with Crippen LogP contribution in [0.5, 0.6) is 0 Å². The van der Waals surface area contributed by atoms with E-state index in [9.17, 15) is 9.59 Å². The lowest BCUT2D eigenvalue weighted by Gasteiger charge is -2.36. The van der Waals surface area contributed by atoms with Crippen LogP contribution in [0.3, 0.4) is 0 Å². The molecule has 1 N–H and O–H groups in total. The van der Waals surface area contributed by atoms with Gasteiger partial charge in [-0.15, -0.1) is 0 Å². The maximum atomic E-state index is 12.1. The Morgan fingerprint density at radius 2 is 2.00 bits per heavy atom. The molecule has 2 amide bonds. The number of likely N-dealkylation sites (tertiary alicyclic amines) is 1. The summed E-state index contributed by atoms with van der Waals surface area (Å²) in [6.45, 7) is 6.64. The lowest BCUT2D eigenvalue weighted by atomic mass is 10.1. The van der Waals surface area contributed by atoms with Gasteiger partial charge in [-0.3, -0.25) is 9.59 Å².